The summed E-state index contributed by atoms with van der Waals surface area (Å²) in [6.45, 7) is 6.62. The zero-order chi connectivity index (χ0) is 15.0. The third-order valence-electron chi connectivity index (χ3n) is 3.26. The van der Waals surface area contributed by atoms with Crippen molar-refractivity contribution in [3.63, 3.8) is 0 Å². The van der Waals surface area contributed by atoms with Gasteiger partial charge in [-0.3, -0.25) is 4.79 Å². The van der Waals surface area contributed by atoms with Crippen molar-refractivity contribution in [3.8, 4) is 5.75 Å². The molecule has 4 nitrogen and oxygen atoms in total. The van der Waals surface area contributed by atoms with Crippen LogP contribution in [0.25, 0.3) is 0 Å². The Morgan fingerprint density at radius 3 is 2.60 bits per heavy atom. The molecule has 1 aromatic carbocycles. The first-order valence-corrected chi connectivity index (χ1v) is 7.41. The van der Waals surface area contributed by atoms with Gasteiger partial charge in [0.1, 0.15) is 5.75 Å². The van der Waals surface area contributed by atoms with Gasteiger partial charge < -0.3 is 15.8 Å². The highest BCUT2D eigenvalue weighted by atomic mass is 16.5. The van der Waals surface area contributed by atoms with E-state index in [1.54, 1.807) is 0 Å². The Morgan fingerprint density at radius 2 is 2.00 bits per heavy atom. The summed E-state index contributed by atoms with van der Waals surface area (Å²) < 4.78 is 5.63. The smallest absolute Gasteiger partial charge is 0.237 e. The van der Waals surface area contributed by atoms with E-state index in [1.165, 1.54) is 0 Å². The average molecular weight is 278 g/mol. The zero-order valence-electron chi connectivity index (χ0n) is 12.7. The quantitative estimate of drug-likeness (QED) is 0.768. The van der Waals surface area contributed by atoms with Gasteiger partial charge in [-0.15, -0.1) is 0 Å². The van der Waals surface area contributed by atoms with Gasteiger partial charge in [0.15, 0.2) is 0 Å². The van der Waals surface area contributed by atoms with Crippen LogP contribution in [0.1, 0.15) is 51.6 Å². The molecular weight excluding hydrogens is 252 g/mol. The molecule has 0 saturated heterocycles. The van der Waals surface area contributed by atoms with E-state index in [-0.39, 0.29) is 11.9 Å². The van der Waals surface area contributed by atoms with E-state index in [0.717, 1.165) is 24.2 Å². The second-order valence-electron chi connectivity index (χ2n) is 4.84. The Balaban J connectivity index is 2.83. The van der Waals surface area contributed by atoms with Crippen LogP contribution in [0.15, 0.2) is 24.3 Å². The predicted octanol–water partition coefficient (Wildman–Crippen LogP) is 2.78. The first-order valence-electron chi connectivity index (χ1n) is 7.41. The number of carbonyl (C=O) groups excluding carboxylic acids is 1. The molecule has 2 unspecified atom stereocenters. The summed E-state index contributed by atoms with van der Waals surface area (Å²) in [5.74, 6) is 0.733. The molecule has 3 N–H and O–H groups in total. The van der Waals surface area contributed by atoms with Crippen molar-refractivity contribution in [2.45, 2.75) is 52.1 Å². The first kappa shape index (κ1) is 16.5. The lowest BCUT2D eigenvalue weighted by Crippen LogP contribution is -2.42. The molecule has 20 heavy (non-hydrogen) atoms. The van der Waals surface area contributed by atoms with Crippen LogP contribution >= 0.6 is 0 Å². The standard InChI is InChI=1S/C16H26N2O2/c1-4-9-13(17)16(19)18-14(5-2)12-10-7-8-11-15(12)20-6-3/h7-8,10-11,13-14H,4-6,9,17H2,1-3H3,(H,18,19). The molecule has 0 heterocycles. The second-order valence-corrected chi connectivity index (χ2v) is 4.84. The number of ether oxygens (including phenoxy) is 1. The molecule has 0 aliphatic rings. The molecule has 0 aliphatic carbocycles. The molecule has 0 radical (unpaired) electrons. The van der Waals surface area contributed by atoms with Gasteiger partial charge in [0.25, 0.3) is 0 Å². The van der Waals surface area contributed by atoms with E-state index >= 15 is 0 Å². The average Bonchev–Trinajstić information content (AvgIpc) is 2.46. The topological polar surface area (TPSA) is 64.4 Å². The van der Waals surface area contributed by atoms with Crippen LogP contribution in [0.4, 0.5) is 0 Å². The highest BCUT2D eigenvalue weighted by Gasteiger charge is 2.20. The fourth-order valence-electron chi connectivity index (χ4n) is 2.18. The van der Waals surface area contributed by atoms with Crippen molar-refractivity contribution in [2.24, 2.45) is 5.73 Å². The van der Waals surface area contributed by atoms with Gasteiger partial charge in [-0.05, 0) is 25.8 Å². The van der Waals surface area contributed by atoms with Gasteiger partial charge in [-0.25, -0.2) is 0 Å². The SMILES string of the molecule is CCCC(N)C(=O)NC(CC)c1ccccc1OCC. The number of nitrogens with one attached hydrogen (secondary N) is 1. The van der Waals surface area contributed by atoms with Crippen LogP contribution < -0.4 is 15.8 Å². The summed E-state index contributed by atoms with van der Waals surface area (Å²) in [6.07, 6.45) is 2.41. The van der Waals surface area contributed by atoms with Crippen molar-refractivity contribution in [1.29, 1.82) is 0 Å². The molecule has 0 spiro atoms. The van der Waals surface area contributed by atoms with Crippen LogP contribution in [0, 0.1) is 0 Å². The van der Waals surface area contributed by atoms with Crippen molar-refractivity contribution in [2.75, 3.05) is 6.61 Å². The molecule has 1 amide bonds. The Kier molecular flexibility index (Phi) is 7.09. The van der Waals surface area contributed by atoms with Crippen LogP contribution in [0.3, 0.4) is 0 Å². The van der Waals surface area contributed by atoms with E-state index < -0.39 is 6.04 Å². The first-order chi connectivity index (χ1) is 9.63. The summed E-state index contributed by atoms with van der Waals surface area (Å²) in [6, 6.07) is 7.32. The summed E-state index contributed by atoms with van der Waals surface area (Å²) in [7, 11) is 0. The fraction of sp³-hybridized carbons (Fsp3) is 0.562. The van der Waals surface area contributed by atoms with E-state index in [9.17, 15) is 4.79 Å². The highest BCUT2D eigenvalue weighted by Crippen LogP contribution is 2.27. The molecule has 0 saturated carbocycles. The summed E-state index contributed by atoms with van der Waals surface area (Å²) >= 11 is 0. The Morgan fingerprint density at radius 1 is 1.30 bits per heavy atom. The van der Waals surface area contributed by atoms with Crippen LogP contribution in [-0.2, 0) is 4.79 Å². The Hall–Kier alpha value is -1.55. The predicted molar refractivity (Wildman–Crippen MR) is 81.7 cm³/mol. The molecular formula is C16H26N2O2. The van der Waals surface area contributed by atoms with Gasteiger partial charge in [-0.2, -0.15) is 0 Å². The fourth-order valence-corrected chi connectivity index (χ4v) is 2.18. The summed E-state index contributed by atoms with van der Waals surface area (Å²) in [5, 5.41) is 3.02. The molecule has 0 aromatic heterocycles. The molecule has 0 aliphatic heterocycles. The maximum absolute atomic E-state index is 12.1. The minimum absolute atomic E-state index is 0.0619. The van der Waals surface area contributed by atoms with Crippen LogP contribution in [0.2, 0.25) is 0 Å². The van der Waals surface area contributed by atoms with Crippen molar-refractivity contribution < 1.29 is 9.53 Å². The number of para-hydroxylation sites is 1. The highest BCUT2D eigenvalue weighted by molar-refractivity contribution is 5.81. The zero-order valence-corrected chi connectivity index (χ0v) is 12.7. The van der Waals surface area contributed by atoms with E-state index in [4.69, 9.17) is 10.5 Å². The third kappa shape index (κ3) is 4.53. The molecule has 0 bridgehead atoms. The minimum atomic E-state index is -0.437. The number of hydrogen-bond acceptors (Lipinski definition) is 3. The number of benzene rings is 1. The minimum Gasteiger partial charge on any atom is -0.494 e. The van der Waals surface area contributed by atoms with E-state index in [1.807, 2.05) is 45.0 Å². The largest absolute Gasteiger partial charge is 0.494 e. The summed E-state index contributed by atoms with van der Waals surface area (Å²) in [5.41, 5.74) is 6.87. The lowest BCUT2D eigenvalue weighted by Gasteiger charge is -2.22. The monoisotopic (exact) mass is 278 g/mol. The van der Waals surface area contributed by atoms with Crippen molar-refractivity contribution >= 4 is 5.91 Å². The molecule has 2 atom stereocenters. The summed E-state index contributed by atoms with van der Waals surface area (Å²) in [4.78, 5) is 12.1. The third-order valence-corrected chi connectivity index (χ3v) is 3.26. The molecule has 4 heteroatoms. The molecule has 1 aromatic rings. The van der Waals surface area contributed by atoms with Crippen molar-refractivity contribution in [1.82, 2.24) is 5.32 Å². The lowest BCUT2D eigenvalue weighted by molar-refractivity contribution is -0.123. The van der Waals surface area contributed by atoms with Gasteiger partial charge in [0.2, 0.25) is 5.91 Å². The second kappa shape index (κ2) is 8.59. The number of amides is 1. The Bertz CT molecular complexity index is 421. The van der Waals surface area contributed by atoms with Gasteiger partial charge >= 0.3 is 0 Å². The van der Waals surface area contributed by atoms with E-state index in [2.05, 4.69) is 5.32 Å². The normalized spacial score (nSPS) is 13.6. The van der Waals surface area contributed by atoms with Gasteiger partial charge in [0, 0.05) is 5.56 Å². The molecule has 112 valence electrons. The number of nitrogens with two attached hydrogens (primary N) is 1. The molecule has 0 fully saturated rings. The van der Waals surface area contributed by atoms with Crippen LogP contribution in [0.5, 0.6) is 5.75 Å². The van der Waals surface area contributed by atoms with Gasteiger partial charge in [0.05, 0.1) is 18.7 Å². The number of carbonyl (C=O) groups is 1. The Labute approximate surface area is 121 Å². The number of hydrogen-bond donors (Lipinski definition) is 2. The number of rotatable bonds is 8. The maximum atomic E-state index is 12.1. The van der Waals surface area contributed by atoms with Gasteiger partial charge in [-0.1, -0.05) is 38.5 Å². The maximum Gasteiger partial charge on any atom is 0.237 e. The van der Waals surface area contributed by atoms with Crippen molar-refractivity contribution in [3.05, 3.63) is 29.8 Å². The van der Waals surface area contributed by atoms with Crippen LogP contribution in [-0.4, -0.2) is 18.6 Å². The lowest BCUT2D eigenvalue weighted by atomic mass is 10.0. The van der Waals surface area contributed by atoms with E-state index in [0.29, 0.717) is 13.0 Å². The molecule has 1 rings (SSSR count).